The van der Waals surface area contributed by atoms with E-state index >= 15 is 0 Å². The molecule has 2 aromatic rings. The van der Waals surface area contributed by atoms with E-state index in [0.717, 1.165) is 0 Å². The summed E-state index contributed by atoms with van der Waals surface area (Å²) in [7, 11) is 0. The highest BCUT2D eigenvalue weighted by molar-refractivity contribution is 5.75. The third kappa shape index (κ3) is 4.25. The van der Waals surface area contributed by atoms with Crippen molar-refractivity contribution in [3.05, 3.63) is 66.1 Å². The molecule has 1 unspecified atom stereocenters. The molecule has 2 aromatic carbocycles. The van der Waals surface area contributed by atoms with Gasteiger partial charge in [0.1, 0.15) is 12.4 Å². The molecular weight excluding hydrogens is 311 g/mol. The minimum absolute atomic E-state index is 0.252. The lowest BCUT2D eigenvalue weighted by Crippen LogP contribution is -2.43. The molecule has 0 radical (unpaired) electrons. The molecule has 124 valence electrons. The number of urea groups is 1. The normalized spacial score (nSPS) is 16.0. The summed E-state index contributed by atoms with van der Waals surface area (Å²) in [5.41, 5.74) is 0.663. The van der Waals surface area contributed by atoms with Crippen LogP contribution in [0.15, 0.2) is 54.7 Å². The zero-order valence-electron chi connectivity index (χ0n) is 12.9. The molecule has 2 amide bonds. The minimum Gasteiger partial charge on any atom is -0.486 e. The standard InChI is InChI=1S/C18H17FN2O3/c19-14-5-3-4-13(10-14)8-9-20-18(22)21-11-15-12-23-16-6-1-2-7-17(16)24-15/h1-10,15H,11-12H2,(H2,20,21,22)/b9-8+. The first-order valence-corrected chi connectivity index (χ1v) is 7.56. The fourth-order valence-corrected chi connectivity index (χ4v) is 2.25. The fraction of sp³-hybridized carbons (Fsp3) is 0.167. The zero-order chi connectivity index (χ0) is 16.8. The van der Waals surface area contributed by atoms with E-state index in [0.29, 0.717) is 30.2 Å². The molecule has 0 fully saturated rings. The predicted octanol–water partition coefficient (Wildman–Crippen LogP) is 2.94. The topological polar surface area (TPSA) is 59.6 Å². The van der Waals surface area contributed by atoms with E-state index in [-0.39, 0.29) is 18.0 Å². The number of rotatable bonds is 4. The Hall–Kier alpha value is -3.02. The summed E-state index contributed by atoms with van der Waals surface area (Å²) < 4.78 is 24.3. The molecular formula is C18H17FN2O3. The van der Waals surface area contributed by atoms with Crippen molar-refractivity contribution in [1.29, 1.82) is 0 Å². The first-order valence-electron chi connectivity index (χ1n) is 7.56. The van der Waals surface area contributed by atoms with Crippen LogP contribution in [-0.2, 0) is 0 Å². The number of benzene rings is 2. The molecule has 2 N–H and O–H groups in total. The summed E-state index contributed by atoms with van der Waals surface area (Å²) in [4.78, 5) is 11.7. The van der Waals surface area contributed by atoms with E-state index in [1.165, 1.54) is 18.3 Å². The third-order valence-corrected chi connectivity index (χ3v) is 3.40. The van der Waals surface area contributed by atoms with Gasteiger partial charge in [-0.3, -0.25) is 0 Å². The first kappa shape index (κ1) is 15.9. The van der Waals surface area contributed by atoms with Gasteiger partial charge in [0.25, 0.3) is 0 Å². The number of hydrogen-bond donors (Lipinski definition) is 2. The number of halogens is 1. The van der Waals surface area contributed by atoms with Crippen molar-refractivity contribution in [2.75, 3.05) is 13.2 Å². The SMILES string of the molecule is O=C(N/C=C/c1cccc(F)c1)NCC1COc2ccccc2O1. The smallest absolute Gasteiger partial charge is 0.318 e. The van der Waals surface area contributed by atoms with Crippen LogP contribution in [0.3, 0.4) is 0 Å². The van der Waals surface area contributed by atoms with Crippen LogP contribution in [0.4, 0.5) is 9.18 Å². The third-order valence-electron chi connectivity index (χ3n) is 3.40. The predicted molar refractivity (Wildman–Crippen MR) is 88.3 cm³/mol. The maximum atomic E-state index is 13.0. The first-order chi connectivity index (χ1) is 11.7. The van der Waals surface area contributed by atoms with E-state index in [1.807, 2.05) is 24.3 Å². The molecule has 1 aliphatic heterocycles. The monoisotopic (exact) mass is 328 g/mol. The van der Waals surface area contributed by atoms with Gasteiger partial charge in [-0.05, 0) is 35.9 Å². The Morgan fingerprint density at radius 1 is 1.21 bits per heavy atom. The van der Waals surface area contributed by atoms with Crippen molar-refractivity contribution in [2.24, 2.45) is 0 Å². The molecule has 1 atom stereocenters. The fourth-order valence-electron chi connectivity index (χ4n) is 2.25. The van der Waals surface area contributed by atoms with Crippen LogP contribution < -0.4 is 20.1 Å². The second-order valence-corrected chi connectivity index (χ2v) is 5.24. The van der Waals surface area contributed by atoms with E-state index in [1.54, 1.807) is 18.2 Å². The van der Waals surface area contributed by atoms with Crippen molar-refractivity contribution < 1.29 is 18.7 Å². The Morgan fingerprint density at radius 3 is 2.88 bits per heavy atom. The summed E-state index contributed by atoms with van der Waals surface area (Å²) in [6.45, 7) is 0.685. The Morgan fingerprint density at radius 2 is 2.04 bits per heavy atom. The van der Waals surface area contributed by atoms with Gasteiger partial charge in [0.05, 0.1) is 6.54 Å². The lowest BCUT2D eigenvalue weighted by molar-refractivity contribution is 0.0919. The van der Waals surface area contributed by atoms with Crippen molar-refractivity contribution >= 4 is 12.1 Å². The molecule has 0 spiro atoms. The van der Waals surface area contributed by atoms with Gasteiger partial charge >= 0.3 is 6.03 Å². The number of nitrogens with one attached hydrogen (secondary N) is 2. The maximum absolute atomic E-state index is 13.0. The van der Waals surface area contributed by atoms with Gasteiger partial charge in [-0.25, -0.2) is 9.18 Å². The molecule has 5 nitrogen and oxygen atoms in total. The summed E-state index contributed by atoms with van der Waals surface area (Å²) in [5, 5.41) is 5.26. The zero-order valence-corrected chi connectivity index (χ0v) is 12.9. The number of carbonyl (C=O) groups is 1. The highest BCUT2D eigenvalue weighted by atomic mass is 19.1. The van der Waals surface area contributed by atoms with E-state index in [2.05, 4.69) is 10.6 Å². The number of hydrogen-bond acceptors (Lipinski definition) is 3. The molecule has 0 saturated carbocycles. The van der Waals surface area contributed by atoms with Gasteiger partial charge in [-0.15, -0.1) is 0 Å². The van der Waals surface area contributed by atoms with Crippen LogP contribution >= 0.6 is 0 Å². The van der Waals surface area contributed by atoms with Crippen LogP contribution in [0.25, 0.3) is 6.08 Å². The second kappa shape index (κ2) is 7.50. The maximum Gasteiger partial charge on any atom is 0.318 e. The Bertz CT molecular complexity index is 749. The average molecular weight is 328 g/mol. The Balaban J connectivity index is 1.43. The number of carbonyl (C=O) groups excluding carboxylic acids is 1. The summed E-state index contributed by atoms with van der Waals surface area (Å²) in [6, 6.07) is 13.1. The van der Waals surface area contributed by atoms with Crippen LogP contribution in [-0.4, -0.2) is 25.3 Å². The van der Waals surface area contributed by atoms with Gasteiger partial charge < -0.3 is 20.1 Å². The number of fused-ring (bicyclic) bond motifs is 1. The molecule has 0 bridgehead atoms. The second-order valence-electron chi connectivity index (χ2n) is 5.24. The molecule has 3 rings (SSSR count). The average Bonchev–Trinajstić information content (AvgIpc) is 2.60. The van der Waals surface area contributed by atoms with Crippen LogP contribution in [0.5, 0.6) is 11.5 Å². The van der Waals surface area contributed by atoms with Gasteiger partial charge in [0, 0.05) is 6.20 Å². The van der Waals surface area contributed by atoms with Crippen molar-refractivity contribution in [3.63, 3.8) is 0 Å². The Labute approximate surface area is 139 Å². The van der Waals surface area contributed by atoms with Gasteiger partial charge in [-0.1, -0.05) is 24.3 Å². The lowest BCUT2D eigenvalue weighted by Gasteiger charge is -2.26. The number of ether oxygens (including phenoxy) is 2. The van der Waals surface area contributed by atoms with E-state index in [4.69, 9.17) is 9.47 Å². The lowest BCUT2D eigenvalue weighted by atomic mass is 10.2. The van der Waals surface area contributed by atoms with Crippen LogP contribution in [0.2, 0.25) is 0 Å². The number of para-hydroxylation sites is 2. The van der Waals surface area contributed by atoms with Gasteiger partial charge in [-0.2, -0.15) is 0 Å². The largest absolute Gasteiger partial charge is 0.486 e. The molecule has 0 aliphatic carbocycles. The molecule has 24 heavy (non-hydrogen) atoms. The Kier molecular flexibility index (Phi) is 4.96. The van der Waals surface area contributed by atoms with Crippen LogP contribution in [0.1, 0.15) is 5.56 Å². The summed E-state index contributed by atoms with van der Waals surface area (Å²) in [6.07, 6.45) is 2.81. The van der Waals surface area contributed by atoms with Crippen molar-refractivity contribution in [3.8, 4) is 11.5 Å². The highest BCUT2D eigenvalue weighted by Gasteiger charge is 2.20. The van der Waals surface area contributed by atoms with Gasteiger partial charge in [0.2, 0.25) is 0 Å². The molecule has 1 heterocycles. The molecule has 6 heteroatoms. The minimum atomic E-state index is -0.370. The van der Waals surface area contributed by atoms with Crippen molar-refractivity contribution in [2.45, 2.75) is 6.10 Å². The van der Waals surface area contributed by atoms with Crippen LogP contribution in [0, 0.1) is 5.82 Å². The van der Waals surface area contributed by atoms with Gasteiger partial charge in [0.15, 0.2) is 17.6 Å². The quantitative estimate of drug-likeness (QED) is 0.907. The molecule has 0 aromatic heterocycles. The summed E-state index contributed by atoms with van der Waals surface area (Å²) >= 11 is 0. The molecule has 1 aliphatic rings. The van der Waals surface area contributed by atoms with Crippen molar-refractivity contribution in [1.82, 2.24) is 10.6 Å². The van der Waals surface area contributed by atoms with E-state index in [9.17, 15) is 9.18 Å². The highest BCUT2D eigenvalue weighted by Crippen LogP contribution is 2.30. The van der Waals surface area contributed by atoms with E-state index < -0.39 is 0 Å². The molecule has 0 saturated heterocycles. The summed E-state index contributed by atoms with van der Waals surface area (Å²) in [5.74, 6) is 1.05. The number of amides is 2.